The molecule has 0 aliphatic heterocycles. The van der Waals surface area contributed by atoms with Crippen LogP contribution in [0.1, 0.15) is 200 Å². The fourth-order valence-corrected chi connectivity index (χ4v) is 7.15. The molecule has 0 saturated carbocycles. The van der Waals surface area contributed by atoms with Crippen LogP contribution in [-0.2, 0) is 18.4 Å². The van der Waals surface area contributed by atoms with E-state index in [0.29, 0.717) is 17.4 Å². The van der Waals surface area contributed by atoms with Crippen molar-refractivity contribution in [3.8, 4) is 0 Å². The Kier molecular flexibility index (Phi) is 37.4. The fraction of sp³-hybridized carbons (Fsp3) is 0.848. The molecule has 0 aliphatic rings. The predicted molar refractivity (Wildman–Crippen MR) is 233 cm³/mol. The molecule has 55 heavy (non-hydrogen) atoms. The van der Waals surface area contributed by atoms with E-state index in [2.05, 4.69) is 43.5 Å². The highest BCUT2D eigenvalue weighted by atomic mass is 31.2. The van der Waals surface area contributed by atoms with Gasteiger partial charge in [0.05, 0.1) is 39.9 Å². The van der Waals surface area contributed by atoms with E-state index >= 15 is 0 Å². The molecule has 0 aromatic carbocycles. The zero-order chi connectivity index (χ0) is 40.7. The summed E-state index contributed by atoms with van der Waals surface area (Å²) in [4.78, 5) is 25.3. The summed E-state index contributed by atoms with van der Waals surface area (Å²) in [7, 11) is 1.24. The lowest BCUT2D eigenvalue weighted by atomic mass is 10.0. The van der Waals surface area contributed by atoms with Crippen molar-refractivity contribution in [2.24, 2.45) is 0 Å². The molecule has 3 atom stereocenters. The normalized spacial score (nSPS) is 14.7. The molecule has 0 aromatic heterocycles. The number of unbranched alkanes of at least 4 members (excludes halogenated alkanes) is 24. The number of quaternary nitrogens is 1. The van der Waals surface area contributed by atoms with Gasteiger partial charge in [-0.15, -0.1) is 0 Å². The van der Waals surface area contributed by atoms with Crippen molar-refractivity contribution < 1.29 is 32.9 Å². The van der Waals surface area contributed by atoms with Crippen molar-refractivity contribution in [3.05, 3.63) is 36.5 Å². The molecular weight excluding hydrogens is 707 g/mol. The zero-order valence-electron chi connectivity index (χ0n) is 36.6. The second kappa shape index (κ2) is 38.2. The van der Waals surface area contributed by atoms with Crippen LogP contribution in [0.3, 0.4) is 0 Å². The Morgan fingerprint density at radius 1 is 0.618 bits per heavy atom. The number of carbonyl (C=O) groups excluding carboxylic acids is 1. The lowest BCUT2D eigenvalue weighted by Crippen LogP contribution is -2.45. The van der Waals surface area contributed by atoms with Crippen LogP contribution in [0.2, 0.25) is 0 Å². The van der Waals surface area contributed by atoms with Crippen LogP contribution < -0.4 is 10.2 Å². The van der Waals surface area contributed by atoms with Gasteiger partial charge in [-0.05, 0) is 38.5 Å². The van der Waals surface area contributed by atoms with Gasteiger partial charge in [-0.1, -0.05) is 192 Å². The first-order chi connectivity index (χ1) is 26.5. The van der Waals surface area contributed by atoms with E-state index < -0.39 is 26.6 Å². The molecule has 0 rings (SSSR count). The van der Waals surface area contributed by atoms with Crippen LogP contribution in [0, 0.1) is 0 Å². The first kappa shape index (κ1) is 53.7. The maximum absolute atomic E-state index is 12.8. The summed E-state index contributed by atoms with van der Waals surface area (Å²) in [6, 6.07) is -0.904. The smallest absolute Gasteiger partial charge is 0.268 e. The van der Waals surface area contributed by atoms with Crippen molar-refractivity contribution in [3.63, 3.8) is 0 Å². The molecule has 9 heteroatoms. The minimum absolute atomic E-state index is 0.00812. The van der Waals surface area contributed by atoms with Gasteiger partial charge in [-0.3, -0.25) is 9.36 Å². The Hall–Kier alpha value is -1.28. The molecule has 1 amide bonds. The summed E-state index contributed by atoms with van der Waals surface area (Å²) in [5.74, 6) is -0.211. The van der Waals surface area contributed by atoms with Crippen LogP contribution in [0.4, 0.5) is 0 Å². The van der Waals surface area contributed by atoms with Gasteiger partial charge < -0.3 is 28.8 Å². The first-order valence-electron chi connectivity index (χ1n) is 22.9. The van der Waals surface area contributed by atoms with Gasteiger partial charge in [0, 0.05) is 6.42 Å². The third-order valence-corrected chi connectivity index (χ3v) is 11.0. The number of carbonyl (C=O) groups is 1. The maximum Gasteiger partial charge on any atom is 0.268 e. The van der Waals surface area contributed by atoms with Crippen LogP contribution >= 0.6 is 7.82 Å². The number of nitrogens with one attached hydrogen (secondary N) is 1. The Balaban J connectivity index is 4.27. The largest absolute Gasteiger partial charge is 0.756 e. The molecule has 3 unspecified atom stereocenters. The quantitative estimate of drug-likeness (QED) is 0.0276. The van der Waals surface area contributed by atoms with E-state index in [4.69, 9.17) is 9.05 Å². The van der Waals surface area contributed by atoms with Gasteiger partial charge in [0.2, 0.25) is 5.91 Å². The predicted octanol–water partition coefficient (Wildman–Crippen LogP) is 12.1. The van der Waals surface area contributed by atoms with Crippen molar-refractivity contribution in [2.75, 3.05) is 40.9 Å². The van der Waals surface area contributed by atoms with Gasteiger partial charge in [-0.2, -0.15) is 0 Å². The first-order valence-corrected chi connectivity index (χ1v) is 24.3. The van der Waals surface area contributed by atoms with Gasteiger partial charge in [0.15, 0.2) is 0 Å². The monoisotopic (exact) mass is 797 g/mol. The van der Waals surface area contributed by atoms with Crippen molar-refractivity contribution in [2.45, 2.75) is 212 Å². The number of aliphatic hydroxyl groups is 1. The number of likely N-dealkylation sites (N-methyl/N-ethyl adjacent to an activating group) is 1. The Morgan fingerprint density at radius 3 is 1.44 bits per heavy atom. The number of phosphoric acid groups is 1. The number of hydrogen-bond donors (Lipinski definition) is 2. The topological polar surface area (TPSA) is 108 Å². The SMILES string of the molecule is CCC/C=C/CC/C=C/CC/C=C/C(O)C(COP(=O)([O-])OCC[N+](C)(C)C)NC(=O)CCCCCCCCCCCCCCCCCCCCCCCC. The summed E-state index contributed by atoms with van der Waals surface area (Å²) >= 11 is 0. The molecule has 8 nitrogen and oxygen atoms in total. The molecule has 0 heterocycles. The molecule has 2 N–H and O–H groups in total. The second-order valence-electron chi connectivity index (χ2n) is 16.7. The average molecular weight is 797 g/mol. The van der Waals surface area contributed by atoms with E-state index in [1.807, 2.05) is 27.2 Å². The minimum Gasteiger partial charge on any atom is -0.756 e. The summed E-state index contributed by atoms with van der Waals surface area (Å²) in [6.45, 7) is 4.54. The molecule has 0 saturated heterocycles. The van der Waals surface area contributed by atoms with Crippen LogP contribution in [0.15, 0.2) is 36.5 Å². The van der Waals surface area contributed by atoms with Gasteiger partial charge >= 0.3 is 0 Å². The Bertz CT molecular complexity index is 995. The zero-order valence-corrected chi connectivity index (χ0v) is 37.5. The summed E-state index contributed by atoms with van der Waals surface area (Å²) in [5.41, 5.74) is 0. The molecule has 324 valence electrons. The van der Waals surface area contributed by atoms with Gasteiger partial charge in [-0.25, -0.2) is 0 Å². The Morgan fingerprint density at radius 2 is 1.02 bits per heavy atom. The lowest BCUT2D eigenvalue weighted by molar-refractivity contribution is -0.870. The highest BCUT2D eigenvalue weighted by molar-refractivity contribution is 7.45. The van der Waals surface area contributed by atoms with E-state index in [1.165, 1.54) is 128 Å². The van der Waals surface area contributed by atoms with Crippen LogP contribution in [0.5, 0.6) is 0 Å². The van der Waals surface area contributed by atoms with Crippen molar-refractivity contribution in [1.29, 1.82) is 0 Å². The Labute approximate surface area is 340 Å². The third kappa shape index (κ3) is 40.7. The fourth-order valence-electron chi connectivity index (χ4n) is 6.43. The molecular formula is C46H89N2O6P. The van der Waals surface area contributed by atoms with Gasteiger partial charge in [0.25, 0.3) is 7.82 Å². The van der Waals surface area contributed by atoms with Crippen LogP contribution in [0.25, 0.3) is 0 Å². The third-order valence-electron chi connectivity index (χ3n) is 10.1. The summed E-state index contributed by atoms with van der Waals surface area (Å²) in [5, 5.41) is 13.7. The molecule has 0 spiro atoms. The standard InChI is InChI=1S/C46H89N2O6P/c1-6-8-10-12-14-16-18-19-20-21-22-23-24-25-26-27-28-30-32-34-36-38-40-46(50)47-44(43-54-55(51,52)53-42-41-48(3,4)5)45(49)39-37-35-33-31-29-17-15-13-11-9-7-2/h11,13,29,31,37,39,44-45,49H,6-10,12,14-28,30,32-36,38,40-43H2,1-5H3,(H-,47,50,51,52)/b13-11+,31-29+,39-37+. The van der Waals surface area contributed by atoms with Crippen LogP contribution in [-0.4, -0.2) is 68.5 Å². The number of aliphatic hydroxyl groups excluding tert-OH is 1. The van der Waals surface area contributed by atoms with E-state index in [-0.39, 0.29) is 12.5 Å². The second-order valence-corrected chi connectivity index (χ2v) is 18.2. The summed E-state index contributed by atoms with van der Waals surface area (Å²) < 4.78 is 23.1. The van der Waals surface area contributed by atoms with Gasteiger partial charge in [0.1, 0.15) is 13.2 Å². The lowest BCUT2D eigenvalue weighted by Gasteiger charge is -2.29. The highest BCUT2D eigenvalue weighted by Crippen LogP contribution is 2.38. The number of hydrogen-bond acceptors (Lipinski definition) is 6. The molecule has 0 aliphatic carbocycles. The molecule has 0 bridgehead atoms. The maximum atomic E-state index is 12.8. The molecule has 0 radical (unpaired) electrons. The average Bonchev–Trinajstić information content (AvgIpc) is 3.13. The van der Waals surface area contributed by atoms with E-state index in [9.17, 15) is 19.4 Å². The number of nitrogens with zero attached hydrogens (tertiary/aromatic N) is 1. The van der Waals surface area contributed by atoms with E-state index in [0.717, 1.165) is 51.4 Å². The number of allylic oxidation sites excluding steroid dienone is 5. The highest BCUT2D eigenvalue weighted by Gasteiger charge is 2.23. The van der Waals surface area contributed by atoms with Crippen molar-refractivity contribution in [1.82, 2.24) is 5.32 Å². The number of rotatable bonds is 41. The minimum atomic E-state index is -4.59. The van der Waals surface area contributed by atoms with E-state index in [1.54, 1.807) is 6.08 Å². The van der Waals surface area contributed by atoms with Crippen molar-refractivity contribution >= 4 is 13.7 Å². The molecule has 0 fully saturated rings. The molecule has 0 aromatic rings. The summed E-state index contributed by atoms with van der Waals surface area (Å²) in [6.07, 6.45) is 46.4. The number of amides is 1. The number of phosphoric ester groups is 1.